The number of Topliss-reactive ketones (excluding diaryl/α,β-unsaturated/α-hetero) is 1. The molecule has 0 bridgehead atoms. The minimum absolute atomic E-state index is 0.349. The first-order valence-electron chi connectivity index (χ1n) is 8.07. The molecular weight excluding hydrogens is 244 g/mol. The van der Waals surface area contributed by atoms with E-state index in [2.05, 4.69) is 52.8 Å². The number of aryl methyl sites for hydroxylation is 1. The van der Waals surface area contributed by atoms with Crippen molar-refractivity contribution in [1.82, 2.24) is 0 Å². The summed E-state index contributed by atoms with van der Waals surface area (Å²) in [5, 5.41) is 0. The molecule has 0 atom stereocenters. The lowest BCUT2D eigenvalue weighted by molar-refractivity contribution is -0.123. The molecule has 0 aliphatic heterocycles. The van der Waals surface area contributed by atoms with Gasteiger partial charge in [0, 0.05) is 11.8 Å². The van der Waals surface area contributed by atoms with E-state index in [9.17, 15) is 4.79 Å². The Morgan fingerprint density at radius 1 is 1.10 bits per heavy atom. The van der Waals surface area contributed by atoms with Gasteiger partial charge in [0.2, 0.25) is 0 Å². The molecule has 1 aromatic carbocycles. The number of ketones is 1. The Hall–Kier alpha value is -1.11. The summed E-state index contributed by atoms with van der Waals surface area (Å²) in [6, 6.07) is 6.39. The van der Waals surface area contributed by atoms with Crippen LogP contribution in [0.25, 0.3) is 0 Å². The first-order chi connectivity index (χ1) is 9.45. The van der Waals surface area contributed by atoms with E-state index in [1.54, 1.807) is 0 Å². The maximum Gasteiger partial charge on any atom is 0.142 e. The number of hydrogen-bond acceptors (Lipinski definition) is 1. The lowest BCUT2D eigenvalue weighted by Gasteiger charge is -2.27. The lowest BCUT2D eigenvalue weighted by atomic mass is 9.76. The maximum atomic E-state index is 12.3. The molecule has 0 heterocycles. The molecule has 0 radical (unpaired) electrons. The van der Waals surface area contributed by atoms with Crippen molar-refractivity contribution in [3.05, 3.63) is 34.9 Å². The molecule has 20 heavy (non-hydrogen) atoms. The van der Waals surface area contributed by atoms with Crippen molar-refractivity contribution < 1.29 is 4.79 Å². The average molecular weight is 276 g/mol. The third-order valence-corrected chi connectivity index (χ3v) is 3.81. The van der Waals surface area contributed by atoms with Gasteiger partial charge in [-0.2, -0.15) is 0 Å². The Kier molecular flexibility index (Phi) is 8.45. The molecule has 0 aliphatic carbocycles. The molecule has 0 fully saturated rings. The Morgan fingerprint density at radius 2 is 1.70 bits per heavy atom. The van der Waals surface area contributed by atoms with Gasteiger partial charge >= 0.3 is 0 Å². The normalized spacial score (nSPS) is 10.8. The Morgan fingerprint density at radius 3 is 2.20 bits per heavy atom. The molecule has 0 aliphatic rings. The monoisotopic (exact) mass is 276 g/mol. The molecule has 1 aromatic rings. The van der Waals surface area contributed by atoms with Crippen LogP contribution in [0.1, 0.15) is 77.5 Å². The second-order valence-electron chi connectivity index (χ2n) is 5.64. The summed E-state index contributed by atoms with van der Waals surface area (Å²) in [5.74, 6) is 0.349. The van der Waals surface area contributed by atoms with Crippen molar-refractivity contribution in [2.45, 2.75) is 79.6 Å². The molecule has 1 rings (SSSR count). The second-order valence-corrected chi connectivity index (χ2v) is 5.64. The third-order valence-electron chi connectivity index (χ3n) is 3.81. The molecule has 0 spiro atoms. The molecule has 114 valence electrons. The minimum atomic E-state index is -0.357. The fraction of sp³-hybridized carbons (Fsp3) is 0.632. The van der Waals surface area contributed by atoms with Crippen LogP contribution >= 0.6 is 0 Å². The van der Waals surface area contributed by atoms with Crippen LogP contribution in [0.4, 0.5) is 0 Å². The van der Waals surface area contributed by atoms with E-state index in [0.717, 1.165) is 19.3 Å². The van der Waals surface area contributed by atoms with Crippen LogP contribution in [0.2, 0.25) is 0 Å². The van der Waals surface area contributed by atoms with Crippen LogP contribution in [-0.2, 0) is 16.6 Å². The number of hydrogen-bond donors (Lipinski definition) is 0. The van der Waals surface area contributed by atoms with E-state index in [0.29, 0.717) is 12.2 Å². The predicted octanol–water partition coefficient (Wildman–Crippen LogP) is 5.62. The summed E-state index contributed by atoms with van der Waals surface area (Å²) in [7, 11) is 0. The van der Waals surface area contributed by atoms with Crippen molar-refractivity contribution in [1.29, 1.82) is 0 Å². The smallest absolute Gasteiger partial charge is 0.142 e. The van der Waals surface area contributed by atoms with Gasteiger partial charge in [0.1, 0.15) is 5.78 Å². The summed E-state index contributed by atoms with van der Waals surface area (Å²) in [4.78, 5) is 12.3. The summed E-state index contributed by atoms with van der Waals surface area (Å²) < 4.78 is 0. The fourth-order valence-electron chi connectivity index (χ4n) is 2.59. The summed E-state index contributed by atoms with van der Waals surface area (Å²) >= 11 is 0. The van der Waals surface area contributed by atoms with Gasteiger partial charge in [0.05, 0.1) is 0 Å². The Labute approximate surface area is 125 Å². The van der Waals surface area contributed by atoms with Gasteiger partial charge in [-0.3, -0.25) is 4.79 Å². The van der Waals surface area contributed by atoms with E-state index in [1.807, 2.05) is 13.8 Å². The second kappa shape index (κ2) is 8.94. The number of benzene rings is 1. The number of rotatable bonds is 6. The summed E-state index contributed by atoms with van der Waals surface area (Å²) in [6.07, 6.45) is 3.84. The van der Waals surface area contributed by atoms with Crippen molar-refractivity contribution in [2.24, 2.45) is 0 Å². The predicted molar refractivity (Wildman–Crippen MR) is 89.5 cm³/mol. The molecule has 0 saturated heterocycles. The highest BCUT2D eigenvalue weighted by Gasteiger charge is 2.30. The van der Waals surface area contributed by atoms with Crippen molar-refractivity contribution >= 4 is 5.78 Å². The molecule has 0 N–H and O–H groups in total. The maximum absolute atomic E-state index is 12.3. The molecule has 1 heteroatoms. The zero-order valence-electron chi connectivity index (χ0n) is 14.5. The third kappa shape index (κ3) is 4.47. The van der Waals surface area contributed by atoms with Crippen LogP contribution < -0.4 is 0 Å². The van der Waals surface area contributed by atoms with E-state index in [1.165, 1.54) is 16.7 Å². The van der Waals surface area contributed by atoms with Crippen molar-refractivity contribution in [3.63, 3.8) is 0 Å². The highest BCUT2D eigenvalue weighted by atomic mass is 16.1. The molecule has 1 nitrogen and oxygen atoms in total. The molecule has 0 unspecified atom stereocenters. The molecule has 0 aromatic heterocycles. The van der Waals surface area contributed by atoms with Gasteiger partial charge in [-0.1, -0.05) is 52.3 Å². The topological polar surface area (TPSA) is 17.1 Å². The van der Waals surface area contributed by atoms with E-state index < -0.39 is 0 Å². The minimum Gasteiger partial charge on any atom is -0.299 e. The van der Waals surface area contributed by atoms with Crippen LogP contribution in [0, 0.1) is 6.92 Å². The highest BCUT2D eigenvalue weighted by molar-refractivity contribution is 5.89. The zero-order chi connectivity index (χ0) is 15.8. The number of carbonyl (C=O) groups excluding carboxylic acids is 1. The fourth-order valence-corrected chi connectivity index (χ4v) is 2.59. The standard InChI is InChI=1S/C17H26O.C2H6/c1-6-9-14-11-8-12-15(13(14)3)17(4,5)16(18)10-7-2;1-2/h8,11-12H,6-7,9-10H2,1-5H3;1-2H3. The van der Waals surface area contributed by atoms with Gasteiger partial charge < -0.3 is 0 Å². The lowest BCUT2D eigenvalue weighted by Crippen LogP contribution is -2.30. The SMILES string of the molecule is CC.CCCC(=O)C(C)(C)c1cccc(CCC)c1C. The summed E-state index contributed by atoms with van der Waals surface area (Å²) in [6.45, 7) is 14.5. The van der Waals surface area contributed by atoms with Crippen LogP contribution in [-0.4, -0.2) is 5.78 Å². The molecular formula is C19H32O. The first-order valence-corrected chi connectivity index (χ1v) is 8.07. The van der Waals surface area contributed by atoms with E-state index >= 15 is 0 Å². The van der Waals surface area contributed by atoms with Gasteiger partial charge in [-0.05, 0) is 50.3 Å². The van der Waals surface area contributed by atoms with Crippen LogP contribution in [0.3, 0.4) is 0 Å². The van der Waals surface area contributed by atoms with E-state index in [4.69, 9.17) is 0 Å². The van der Waals surface area contributed by atoms with Gasteiger partial charge in [0.25, 0.3) is 0 Å². The average Bonchev–Trinajstić information content (AvgIpc) is 2.43. The van der Waals surface area contributed by atoms with Gasteiger partial charge in [0.15, 0.2) is 0 Å². The zero-order valence-corrected chi connectivity index (χ0v) is 14.5. The first kappa shape index (κ1) is 18.9. The summed E-state index contributed by atoms with van der Waals surface area (Å²) in [5.41, 5.74) is 3.53. The van der Waals surface area contributed by atoms with Crippen molar-refractivity contribution in [2.75, 3.05) is 0 Å². The van der Waals surface area contributed by atoms with E-state index in [-0.39, 0.29) is 5.41 Å². The highest BCUT2D eigenvalue weighted by Crippen LogP contribution is 2.30. The quantitative estimate of drug-likeness (QED) is 0.659. The Bertz CT molecular complexity index is 416. The van der Waals surface area contributed by atoms with Gasteiger partial charge in [-0.15, -0.1) is 0 Å². The van der Waals surface area contributed by atoms with Gasteiger partial charge in [-0.25, -0.2) is 0 Å². The van der Waals surface area contributed by atoms with Crippen LogP contribution in [0.15, 0.2) is 18.2 Å². The Balaban J connectivity index is 0.00000172. The largest absolute Gasteiger partial charge is 0.299 e. The molecule has 0 saturated carbocycles. The van der Waals surface area contributed by atoms with Crippen LogP contribution in [0.5, 0.6) is 0 Å². The van der Waals surface area contributed by atoms with Crippen molar-refractivity contribution in [3.8, 4) is 0 Å². The number of carbonyl (C=O) groups is 1. The molecule has 0 amide bonds.